The molecular weight excluding hydrogens is 439 g/mol. The van der Waals surface area contributed by atoms with E-state index >= 15 is 0 Å². The molecule has 0 aliphatic carbocycles. The first-order valence-corrected chi connectivity index (χ1v) is 9.72. The summed E-state index contributed by atoms with van der Waals surface area (Å²) in [6.07, 6.45) is 2.07. The Morgan fingerprint density at radius 2 is 2.17 bits per heavy atom. The van der Waals surface area contributed by atoms with Gasteiger partial charge in [-0.25, -0.2) is 12.7 Å². The Morgan fingerprint density at radius 1 is 1.46 bits per heavy atom. The van der Waals surface area contributed by atoms with Crippen LogP contribution in [0.15, 0.2) is 29.3 Å². The smallest absolute Gasteiger partial charge is 0.211 e. The molecule has 24 heavy (non-hydrogen) atoms. The fraction of sp³-hybridized carbons (Fsp3) is 0.562. The molecule has 0 aromatic heterocycles. The van der Waals surface area contributed by atoms with Crippen molar-refractivity contribution in [3.63, 3.8) is 0 Å². The molecule has 1 atom stereocenters. The molecular formula is C16H27IN4O2S. The summed E-state index contributed by atoms with van der Waals surface area (Å²) in [7, 11) is -3.10. The Labute approximate surface area is 162 Å². The maximum Gasteiger partial charge on any atom is 0.211 e. The number of nitrogens with two attached hydrogens (primary N) is 1. The molecule has 3 N–H and O–H groups in total. The molecule has 0 bridgehead atoms. The van der Waals surface area contributed by atoms with Gasteiger partial charge in [-0.05, 0) is 36.0 Å². The molecule has 1 heterocycles. The van der Waals surface area contributed by atoms with Crippen LogP contribution in [0.3, 0.4) is 0 Å². The average molecular weight is 466 g/mol. The Balaban J connectivity index is 0.00000288. The van der Waals surface area contributed by atoms with Crippen molar-refractivity contribution in [3.8, 4) is 0 Å². The number of nitrogens with zero attached hydrogens (tertiary/aromatic N) is 2. The van der Waals surface area contributed by atoms with Crippen LogP contribution in [-0.2, 0) is 10.0 Å². The largest absolute Gasteiger partial charge is 0.370 e. The monoisotopic (exact) mass is 466 g/mol. The van der Waals surface area contributed by atoms with Crippen molar-refractivity contribution < 1.29 is 8.42 Å². The lowest BCUT2D eigenvalue weighted by Crippen LogP contribution is -2.28. The highest BCUT2D eigenvalue weighted by molar-refractivity contribution is 14.0. The number of aliphatic imine (C=N–C) groups is 1. The summed E-state index contributed by atoms with van der Waals surface area (Å²) in [5.41, 5.74) is 8.09. The van der Waals surface area contributed by atoms with Gasteiger partial charge in [-0.15, -0.1) is 24.0 Å². The lowest BCUT2D eigenvalue weighted by atomic mass is 10.0. The molecule has 1 saturated heterocycles. The minimum Gasteiger partial charge on any atom is -0.370 e. The number of halogens is 1. The van der Waals surface area contributed by atoms with Crippen molar-refractivity contribution >= 4 is 45.6 Å². The van der Waals surface area contributed by atoms with E-state index in [1.807, 2.05) is 12.1 Å². The molecule has 0 amide bonds. The van der Waals surface area contributed by atoms with Crippen LogP contribution in [0.25, 0.3) is 0 Å². The molecule has 1 aromatic rings. The first-order valence-electron chi connectivity index (χ1n) is 7.87. The first kappa shape index (κ1) is 21.2. The summed E-state index contributed by atoms with van der Waals surface area (Å²) in [4.78, 5) is 4.35. The molecule has 2 rings (SSSR count). The van der Waals surface area contributed by atoms with Crippen LogP contribution in [0.4, 0.5) is 5.69 Å². The van der Waals surface area contributed by atoms with Crippen molar-refractivity contribution in [2.75, 3.05) is 31.2 Å². The molecule has 1 aliphatic rings. The summed E-state index contributed by atoms with van der Waals surface area (Å²) >= 11 is 0. The zero-order valence-electron chi connectivity index (χ0n) is 14.4. The standard InChI is InChI=1S/C16H26N4O2S.HI/c1-12(2)14-5-4-6-15(9-14)19-16(17)18-10-13-7-8-20(11-13)23(3,21)22;/h4-6,9,12-13H,7-8,10-11H2,1-3H3,(H3,17,18,19);1H. The predicted molar refractivity (Wildman–Crippen MR) is 111 cm³/mol. The van der Waals surface area contributed by atoms with Gasteiger partial charge in [0.25, 0.3) is 0 Å². The van der Waals surface area contributed by atoms with Crippen molar-refractivity contribution in [1.29, 1.82) is 0 Å². The third-order valence-corrected chi connectivity index (χ3v) is 5.33. The van der Waals surface area contributed by atoms with Crippen LogP contribution >= 0.6 is 24.0 Å². The third-order valence-electron chi connectivity index (χ3n) is 4.06. The van der Waals surface area contributed by atoms with Gasteiger partial charge < -0.3 is 11.1 Å². The van der Waals surface area contributed by atoms with Crippen molar-refractivity contribution in [3.05, 3.63) is 29.8 Å². The second-order valence-corrected chi connectivity index (χ2v) is 8.39. The van der Waals surface area contributed by atoms with E-state index in [0.717, 1.165) is 12.1 Å². The summed E-state index contributed by atoms with van der Waals surface area (Å²) < 4.78 is 24.5. The highest BCUT2D eigenvalue weighted by Crippen LogP contribution is 2.20. The van der Waals surface area contributed by atoms with Gasteiger partial charge in [0.2, 0.25) is 10.0 Å². The molecule has 1 aliphatic heterocycles. The molecule has 1 unspecified atom stereocenters. The second-order valence-electron chi connectivity index (χ2n) is 6.41. The summed E-state index contributed by atoms with van der Waals surface area (Å²) in [6.45, 7) is 5.92. The Hall–Kier alpha value is -0.870. The van der Waals surface area contributed by atoms with E-state index in [0.29, 0.717) is 31.5 Å². The number of hydrogen-bond donors (Lipinski definition) is 2. The Morgan fingerprint density at radius 3 is 2.75 bits per heavy atom. The van der Waals surface area contributed by atoms with E-state index in [1.165, 1.54) is 16.1 Å². The van der Waals surface area contributed by atoms with Crippen LogP contribution in [0.1, 0.15) is 31.7 Å². The van der Waals surface area contributed by atoms with Gasteiger partial charge in [0.05, 0.1) is 6.26 Å². The highest BCUT2D eigenvalue weighted by Gasteiger charge is 2.28. The number of rotatable bonds is 5. The van der Waals surface area contributed by atoms with E-state index in [4.69, 9.17) is 5.73 Å². The number of anilines is 1. The van der Waals surface area contributed by atoms with Crippen molar-refractivity contribution in [2.45, 2.75) is 26.2 Å². The number of benzene rings is 1. The van der Waals surface area contributed by atoms with Crippen LogP contribution in [0, 0.1) is 5.92 Å². The van der Waals surface area contributed by atoms with Crippen molar-refractivity contribution in [2.24, 2.45) is 16.6 Å². The second kappa shape index (κ2) is 9.00. The topological polar surface area (TPSA) is 87.8 Å². The van der Waals surface area contributed by atoms with Gasteiger partial charge in [0.1, 0.15) is 0 Å². The maximum atomic E-state index is 11.5. The summed E-state index contributed by atoms with van der Waals surface area (Å²) in [5, 5.41) is 3.10. The number of nitrogens with one attached hydrogen (secondary N) is 1. The molecule has 0 saturated carbocycles. The quantitative estimate of drug-likeness (QED) is 0.397. The number of hydrogen-bond acceptors (Lipinski definition) is 3. The lowest BCUT2D eigenvalue weighted by Gasteiger charge is -2.13. The Kier molecular flexibility index (Phi) is 7.94. The van der Waals surface area contributed by atoms with Gasteiger partial charge in [-0.2, -0.15) is 0 Å². The average Bonchev–Trinajstić information content (AvgIpc) is 2.94. The van der Waals surface area contributed by atoms with E-state index in [2.05, 4.69) is 36.3 Å². The minimum absolute atomic E-state index is 0. The molecule has 0 radical (unpaired) electrons. The molecule has 8 heteroatoms. The fourth-order valence-electron chi connectivity index (χ4n) is 2.64. The summed E-state index contributed by atoms with van der Waals surface area (Å²) in [6, 6.07) is 8.09. The first-order chi connectivity index (χ1) is 10.8. The van der Waals surface area contributed by atoms with Crippen LogP contribution in [0.5, 0.6) is 0 Å². The number of guanidine groups is 1. The molecule has 1 aromatic carbocycles. The van der Waals surface area contributed by atoms with Gasteiger partial charge in [0, 0.05) is 25.3 Å². The number of sulfonamides is 1. The fourth-order valence-corrected chi connectivity index (χ4v) is 3.56. The zero-order valence-corrected chi connectivity index (χ0v) is 17.5. The van der Waals surface area contributed by atoms with Gasteiger partial charge in [-0.3, -0.25) is 4.99 Å². The normalized spacial score (nSPS) is 19.3. The minimum atomic E-state index is -3.10. The van der Waals surface area contributed by atoms with E-state index < -0.39 is 10.0 Å². The predicted octanol–water partition coefficient (Wildman–Crippen LogP) is 2.44. The van der Waals surface area contributed by atoms with Gasteiger partial charge in [-0.1, -0.05) is 26.0 Å². The van der Waals surface area contributed by atoms with Gasteiger partial charge >= 0.3 is 0 Å². The van der Waals surface area contributed by atoms with Crippen molar-refractivity contribution in [1.82, 2.24) is 4.31 Å². The van der Waals surface area contributed by atoms with E-state index in [-0.39, 0.29) is 29.9 Å². The molecule has 1 fully saturated rings. The lowest BCUT2D eigenvalue weighted by molar-refractivity contribution is 0.464. The van der Waals surface area contributed by atoms with Crippen LogP contribution in [-0.4, -0.2) is 44.6 Å². The summed E-state index contributed by atoms with van der Waals surface area (Å²) in [5.74, 6) is 1.05. The van der Waals surface area contributed by atoms with Crippen LogP contribution in [0.2, 0.25) is 0 Å². The van der Waals surface area contributed by atoms with E-state index in [1.54, 1.807) is 0 Å². The zero-order chi connectivity index (χ0) is 17.0. The highest BCUT2D eigenvalue weighted by atomic mass is 127. The molecule has 6 nitrogen and oxygen atoms in total. The van der Waals surface area contributed by atoms with Gasteiger partial charge in [0.15, 0.2) is 5.96 Å². The Bertz CT molecular complexity index is 676. The molecule has 136 valence electrons. The molecule has 0 spiro atoms. The van der Waals surface area contributed by atoms with E-state index in [9.17, 15) is 8.42 Å². The van der Waals surface area contributed by atoms with Crippen LogP contribution < -0.4 is 11.1 Å². The SMILES string of the molecule is CC(C)c1cccc(NC(N)=NCC2CCN(S(C)(=O)=O)C2)c1.I. The third kappa shape index (κ3) is 6.21. The maximum absolute atomic E-state index is 11.5.